The number of aliphatic carboxylic acids is 1. The molecule has 2 amide bonds. The van der Waals surface area contributed by atoms with Crippen molar-refractivity contribution < 1.29 is 29.0 Å². The number of carbonyl (C=O) groups excluding carboxylic acids is 2. The number of nitrogens with one attached hydrogen (secondary N) is 1. The Bertz CT molecular complexity index is 716. The third-order valence-corrected chi connectivity index (χ3v) is 5.10. The standard InChI is InChI=1S/C19H24N2O6/c1-26-15-7-3-2-6-14(15)21-10-13(9-16(21)22)18(23)20-17(19(24)25)12-5-4-8-27-11-12/h2-3,6-7,12-13,17H,4-5,8-11H2,1H3,(H,20,23)(H,24,25). The van der Waals surface area contributed by atoms with Gasteiger partial charge in [-0.3, -0.25) is 9.59 Å². The molecule has 0 aliphatic carbocycles. The molecule has 0 bridgehead atoms. The number of ether oxygens (including phenoxy) is 2. The van der Waals surface area contributed by atoms with Crippen LogP contribution in [0.5, 0.6) is 5.75 Å². The first kappa shape index (κ1) is 19.2. The number of hydrogen-bond acceptors (Lipinski definition) is 5. The zero-order valence-corrected chi connectivity index (χ0v) is 15.2. The number of nitrogens with zero attached hydrogens (tertiary/aromatic N) is 1. The van der Waals surface area contributed by atoms with Crippen molar-refractivity contribution in [1.82, 2.24) is 5.32 Å². The molecule has 2 aliphatic rings. The van der Waals surface area contributed by atoms with Gasteiger partial charge in [-0.2, -0.15) is 0 Å². The van der Waals surface area contributed by atoms with E-state index in [-0.39, 0.29) is 24.8 Å². The number of carboxylic acid groups (broad SMARTS) is 1. The van der Waals surface area contributed by atoms with E-state index in [0.717, 1.165) is 6.42 Å². The van der Waals surface area contributed by atoms with Crippen molar-refractivity contribution in [2.24, 2.45) is 11.8 Å². The number of rotatable bonds is 6. The van der Waals surface area contributed by atoms with Crippen molar-refractivity contribution in [2.45, 2.75) is 25.3 Å². The first-order valence-electron chi connectivity index (χ1n) is 9.05. The molecule has 2 fully saturated rings. The summed E-state index contributed by atoms with van der Waals surface area (Å²) in [5.41, 5.74) is 0.607. The molecule has 0 aromatic heterocycles. The number of amides is 2. The zero-order chi connectivity index (χ0) is 19.4. The highest BCUT2D eigenvalue weighted by Gasteiger charge is 2.39. The number of methoxy groups -OCH3 is 1. The van der Waals surface area contributed by atoms with Gasteiger partial charge in [0.1, 0.15) is 11.8 Å². The van der Waals surface area contributed by atoms with Gasteiger partial charge in [0, 0.05) is 25.5 Å². The number of carboxylic acids is 1. The molecule has 2 aliphatic heterocycles. The lowest BCUT2D eigenvalue weighted by Crippen LogP contribution is -2.50. The van der Waals surface area contributed by atoms with Gasteiger partial charge >= 0.3 is 5.97 Å². The fourth-order valence-electron chi connectivity index (χ4n) is 3.65. The minimum atomic E-state index is -1.08. The van der Waals surface area contributed by atoms with Crippen LogP contribution in [0.25, 0.3) is 0 Å². The van der Waals surface area contributed by atoms with Crippen LogP contribution >= 0.6 is 0 Å². The molecule has 3 unspecified atom stereocenters. The molecule has 8 heteroatoms. The fraction of sp³-hybridized carbons (Fsp3) is 0.526. The quantitative estimate of drug-likeness (QED) is 0.769. The van der Waals surface area contributed by atoms with Crippen molar-refractivity contribution >= 4 is 23.5 Å². The van der Waals surface area contributed by atoms with Crippen LogP contribution in [0.3, 0.4) is 0 Å². The predicted molar refractivity (Wildman–Crippen MR) is 96.6 cm³/mol. The van der Waals surface area contributed by atoms with E-state index in [1.165, 1.54) is 12.0 Å². The maximum atomic E-state index is 12.7. The molecule has 1 aromatic rings. The molecular formula is C19H24N2O6. The first-order chi connectivity index (χ1) is 13.0. The topological polar surface area (TPSA) is 105 Å². The molecule has 0 radical (unpaired) electrons. The Hall–Kier alpha value is -2.61. The lowest BCUT2D eigenvalue weighted by molar-refractivity contribution is -0.145. The van der Waals surface area contributed by atoms with Crippen LogP contribution in [0.2, 0.25) is 0 Å². The fourth-order valence-corrected chi connectivity index (χ4v) is 3.65. The van der Waals surface area contributed by atoms with Crippen molar-refractivity contribution in [1.29, 1.82) is 0 Å². The Morgan fingerprint density at radius 2 is 2.15 bits per heavy atom. The average molecular weight is 376 g/mol. The molecule has 27 heavy (non-hydrogen) atoms. The third-order valence-electron chi connectivity index (χ3n) is 5.10. The summed E-state index contributed by atoms with van der Waals surface area (Å²) in [6.07, 6.45) is 1.50. The summed E-state index contributed by atoms with van der Waals surface area (Å²) in [6.45, 7) is 1.12. The molecule has 0 saturated carbocycles. The van der Waals surface area contributed by atoms with Gasteiger partial charge in [0.2, 0.25) is 11.8 Å². The van der Waals surface area contributed by atoms with E-state index in [2.05, 4.69) is 5.32 Å². The van der Waals surface area contributed by atoms with Gasteiger partial charge in [-0.15, -0.1) is 0 Å². The normalized spacial score (nSPS) is 23.7. The monoisotopic (exact) mass is 376 g/mol. The van der Waals surface area contributed by atoms with Gasteiger partial charge < -0.3 is 24.8 Å². The van der Waals surface area contributed by atoms with Gasteiger partial charge in [0.05, 0.1) is 25.3 Å². The first-order valence-corrected chi connectivity index (χ1v) is 9.05. The van der Waals surface area contributed by atoms with E-state index in [1.807, 2.05) is 0 Å². The highest BCUT2D eigenvalue weighted by atomic mass is 16.5. The maximum absolute atomic E-state index is 12.7. The Kier molecular flexibility index (Phi) is 5.95. The van der Waals surface area contributed by atoms with Gasteiger partial charge in [-0.25, -0.2) is 4.79 Å². The summed E-state index contributed by atoms with van der Waals surface area (Å²) in [6, 6.07) is 6.10. The number of anilines is 1. The molecule has 2 N–H and O–H groups in total. The summed E-state index contributed by atoms with van der Waals surface area (Å²) in [4.78, 5) is 38.2. The average Bonchev–Trinajstić information content (AvgIpc) is 3.08. The number of benzene rings is 1. The van der Waals surface area contributed by atoms with Crippen LogP contribution in [0.4, 0.5) is 5.69 Å². The van der Waals surface area contributed by atoms with Crippen molar-refractivity contribution in [2.75, 3.05) is 31.8 Å². The van der Waals surface area contributed by atoms with Crippen molar-refractivity contribution in [3.63, 3.8) is 0 Å². The predicted octanol–water partition coefficient (Wildman–Crippen LogP) is 1.04. The van der Waals surface area contributed by atoms with E-state index < -0.39 is 23.8 Å². The smallest absolute Gasteiger partial charge is 0.326 e. The van der Waals surface area contributed by atoms with E-state index in [4.69, 9.17) is 9.47 Å². The van der Waals surface area contributed by atoms with Crippen LogP contribution in [-0.4, -0.2) is 55.8 Å². The number of para-hydroxylation sites is 2. The van der Waals surface area contributed by atoms with E-state index in [0.29, 0.717) is 31.1 Å². The zero-order valence-electron chi connectivity index (χ0n) is 15.2. The highest BCUT2D eigenvalue weighted by molar-refractivity contribution is 6.01. The van der Waals surface area contributed by atoms with Crippen LogP contribution in [0, 0.1) is 11.8 Å². The van der Waals surface area contributed by atoms with Gasteiger partial charge in [0.25, 0.3) is 0 Å². The Labute approximate surface area is 157 Å². The highest BCUT2D eigenvalue weighted by Crippen LogP contribution is 2.33. The summed E-state index contributed by atoms with van der Waals surface area (Å²) >= 11 is 0. The van der Waals surface area contributed by atoms with E-state index in [1.54, 1.807) is 24.3 Å². The molecule has 1 aromatic carbocycles. The number of hydrogen-bond donors (Lipinski definition) is 2. The van der Waals surface area contributed by atoms with Crippen LogP contribution in [-0.2, 0) is 19.1 Å². The largest absolute Gasteiger partial charge is 0.495 e. The Morgan fingerprint density at radius 3 is 2.81 bits per heavy atom. The molecule has 0 spiro atoms. The molecule has 8 nitrogen and oxygen atoms in total. The lowest BCUT2D eigenvalue weighted by atomic mass is 9.93. The van der Waals surface area contributed by atoms with Crippen LogP contribution in [0.15, 0.2) is 24.3 Å². The molecule has 146 valence electrons. The van der Waals surface area contributed by atoms with E-state index >= 15 is 0 Å². The summed E-state index contributed by atoms with van der Waals surface area (Å²) in [7, 11) is 1.52. The summed E-state index contributed by atoms with van der Waals surface area (Å²) in [5.74, 6) is -2.00. The maximum Gasteiger partial charge on any atom is 0.326 e. The summed E-state index contributed by atoms with van der Waals surface area (Å²) < 4.78 is 10.6. The number of carbonyl (C=O) groups is 3. The minimum absolute atomic E-state index is 0.0391. The van der Waals surface area contributed by atoms with Crippen molar-refractivity contribution in [3.8, 4) is 5.75 Å². The van der Waals surface area contributed by atoms with E-state index in [9.17, 15) is 19.5 Å². The van der Waals surface area contributed by atoms with Crippen LogP contribution < -0.4 is 15.0 Å². The SMILES string of the molecule is COc1ccccc1N1CC(C(=O)NC(C(=O)O)C2CCCOC2)CC1=O. The van der Waals surface area contributed by atoms with Gasteiger partial charge in [-0.05, 0) is 25.0 Å². The Morgan fingerprint density at radius 1 is 1.37 bits per heavy atom. The van der Waals surface area contributed by atoms with Gasteiger partial charge in [0.15, 0.2) is 0 Å². The molecular weight excluding hydrogens is 352 g/mol. The van der Waals surface area contributed by atoms with Gasteiger partial charge in [-0.1, -0.05) is 12.1 Å². The molecule has 2 heterocycles. The molecule has 3 atom stereocenters. The lowest BCUT2D eigenvalue weighted by Gasteiger charge is -2.28. The Balaban J connectivity index is 1.68. The third kappa shape index (κ3) is 4.21. The molecule has 3 rings (SSSR count). The molecule has 2 saturated heterocycles. The second kappa shape index (κ2) is 8.39. The second-order valence-corrected chi connectivity index (χ2v) is 6.88. The minimum Gasteiger partial charge on any atom is -0.495 e. The van der Waals surface area contributed by atoms with Crippen molar-refractivity contribution in [3.05, 3.63) is 24.3 Å². The second-order valence-electron chi connectivity index (χ2n) is 6.88. The summed E-state index contributed by atoms with van der Waals surface area (Å²) in [5, 5.41) is 12.1. The van der Waals surface area contributed by atoms with Crippen LogP contribution in [0.1, 0.15) is 19.3 Å².